The van der Waals surface area contributed by atoms with Crippen LogP contribution in [-0.2, 0) is 6.42 Å². The van der Waals surface area contributed by atoms with E-state index >= 15 is 0 Å². The van der Waals surface area contributed by atoms with Crippen LogP contribution in [0.5, 0.6) is 0 Å². The number of hydrogen-bond acceptors (Lipinski definition) is 2. The van der Waals surface area contributed by atoms with Crippen LogP contribution in [0.2, 0.25) is 0 Å². The fraction of sp³-hybridized carbons (Fsp3) is 0.455. The average Bonchev–Trinajstić information content (AvgIpc) is 2.08. The van der Waals surface area contributed by atoms with Crippen molar-refractivity contribution >= 4 is 12.6 Å². The van der Waals surface area contributed by atoms with Crippen molar-refractivity contribution in [1.29, 1.82) is 0 Å². The van der Waals surface area contributed by atoms with Crippen molar-refractivity contribution in [3.8, 4) is 0 Å². The smallest absolute Gasteiger partial charge is 0.0603 e. The van der Waals surface area contributed by atoms with Crippen molar-refractivity contribution in [2.45, 2.75) is 31.3 Å². The van der Waals surface area contributed by atoms with E-state index in [2.05, 4.69) is 12.6 Å². The maximum atomic E-state index is 9.67. The van der Waals surface area contributed by atoms with Gasteiger partial charge in [0, 0.05) is 4.90 Å². The van der Waals surface area contributed by atoms with Gasteiger partial charge in [-0.15, -0.1) is 12.6 Å². The van der Waals surface area contributed by atoms with Gasteiger partial charge in [0.05, 0.1) is 6.10 Å². The molecule has 1 nitrogen and oxygen atoms in total. The molecular weight excluding hydrogens is 180 g/mol. The van der Waals surface area contributed by atoms with E-state index in [9.17, 15) is 5.11 Å². The maximum absolute atomic E-state index is 9.67. The lowest BCUT2D eigenvalue weighted by atomic mass is 9.99. The molecule has 2 heteroatoms. The van der Waals surface area contributed by atoms with Crippen LogP contribution in [0.4, 0.5) is 0 Å². The Morgan fingerprint density at radius 3 is 2.46 bits per heavy atom. The summed E-state index contributed by atoms with van der Waals surface area (Å²) in [6.07, 6.45) is 0.422. The zero-order valence-corrected chi connectivity index (χ0v) is 8.96. The van der Waals surface area contributed by atoms with Gasteiger partial charge in [0.2, 0.25) is 0 Å². The number of aliphatic hydroxyl groups excluding tert-OH is 1. The van der Waals surface area contributed by atoms with Crippen molar-refractivity contribution in [2.24, 2.45) is 5.92 Å². The van der Waals surface area contributed by atoms with Crippen LogP contribution in [0.15, 0.2) is 29.2 Å². The van der Waals surface area contributed by atoms with Gasteiger partial charge in [-0.05, 0) is 24.0 Å². The summed E-state index contributed by atoms with van der Waals surface area (Å²) in [4.78, 5) is 0.960. The van der Waals surface area contributed by atoms with Crippen LogP contribution in [0, 0.1) is 5.92 Å². The molecule has 72 valence electrons. The fourth-order valence-electron chi connectivity index (χ4n) is 1.14. The van der Waals surface area contributed by atoms with Gasteiger partial charge in [0.25, 0.3) is 0 Å². The fourth-order valence-corrected chi connectivity index (χ4v) is 1.40. The van der Waals surface area contributed by atoms with E-state index in [1.807, 2.05) is 38.1 Å². The molecule has 0 aromatic heterocycles. The van der Waals surface area contributed by atoms with Crippen molar-refractivity contribution in [3.05, 3.63) is 29.8 Å². The number of benzene rings is 1. The second-order valence-corrected chi connectivity index (χ2v) is 4.13. The molecule has 0 aliphatic heterocycles. The Kier molecular flexibility index (Phi) is 3.82. The van der Waals surface area contributed by atoms with Gasteiger partial charge < -0.3 is 5.11 Å². The summed E-state index contributed by atoms with van der Waals surface area (Å²) in [7, 11) is 0. The highest BCUT2D eigenvalue weighted by atomic mass is 32.1. The molecule has 0 aliphatic carbocycles. The summed E-state index contributed by atoms with van der Waals surface area (Å²) in [6, 6.07) is 7.88. The molecule has 0 aliphatic rings. The largest absolute Gasteiger partial charge is 0.393 e. The van der Waals surface area contributed by atoms with Crippen molar-refractivity contribution in [1.82, 2.24) is 0 Å². The summed E-state index contributed by atoms with van der Waals surface area (Å²) in [5.74, 6) is 0.299. The molecule has 1 N–H and O–H groups in total. The van der Waals surface area contributed by atoms with Gasteiger partial charge in [-0.25, -0.2) is 0 Å². The Balaban J connectivity index is 2.69. The highest BCUT2D eigenvalue weighted by Crippen LogP contribution is 2.17. The third kappa shape index (κ3) is 3.05. The molecule has 0 saturated heterocycles. The third-order valence-electron chi connectivity index (χ3n) is 2.19. The summed E-state index contributed by atoms with van der Waals surface area (Å²) in [5.41, 5.74) is 1.12. The van der Waals surface area contributed by atoms with Crippen LogP contribution in [-0.4, -0.2) is 11.2 Å². The number of hydrogen-bond donors (Lipinski definition) is 2. The van der Waals surface area contributed by atoms with Crippen LogP contribution in [0.1, 0.15) is 19.4 Å². The molecule has 0 saturated carbocycles. The summed E-state index contributed by atoms with van der Waals surface area (Å²) < 4.78 is 0. The SMILES string of the molecule is CC(C)C(O)Cc1ccccc1S. The lowest BCUT2D eigenvalue weighted by Crippen LogP contribution is -2.17. The van der Waals surface area contributed by atoms with E-state index in [-0.39, 0.29) is 6.10 Å². The molecule has 1 atom stereocenters. The topological polar surface area (TPSA) is 20.2 Å². The first kappa shape index (κ1) is 10.6. The van der Waals surface area contributed by atoms with Crippen molar-refractivity contribution in [3.63, 3.8) is 0 Å². The molecule has 1 rings (SSSR count). The predicted octanol–water partition coefficient (Wildman–Crippen LogP) is 2.53. The monoisotopic (exact) mass is 196 g/mol. The van der Waals surface area contributed by atoms with E-state index in [0.717, 1.165) is 10.5 Å². The maximum Gasteiger partial charge on any atom is 0.0603 e. The van der Waals surface area contributed by atoms with Gasteiger partial charge in [0.1, 0.15) is 0 Å². The third-order valence-corrected chi connectivity index (χ3v) is 2.63. The molecular formula is C11H16OS. The molecule has 0 amide bonds. The number of thiol groups is 1. The normalized spacial score (nSPS) is 13.3. The minimum atomic E-state index is -0.270. The van der Waals surface area contributed by atoms with E-state index in [1.54, 1.807) is 0 Å². The molecule has 0 fully saturated rings. The molecule has 0 bridgehead atoms. The Hall–Kier alpha value is -0.470. The summed E-state index contributed by atoms with van der Waals surface area (Å²) >= 11 is 4.33. The first-order valence-electron chi connectivity index (χ1n) is 4.56. The lowest BCUT2D eigenvalue weighted by Gasteiger charge is -2.15. The molecule has 1 unspecified atom stereocenters. The van der Waals surface area contributed by atoms with Gasteiger partial charge in [0.15, 0.2) is 0 Å². The second-order valence-electron chi connectivity index (χ2n) is 3.64. The predicted molar refractivity (Wildman–Crippen MR) is 58.2 cm³/mol. The second kappa shape index (κ2) is 4.68. The average molecular weight is 196 g/mol. The minimum absolute atomic E-state index is 0.270. The van der Waals surface area contributed by atoms with Gasteiger partial charge in [-0.1, -0.05) is 32.0 Å². The van der Waals surface area contributed by atoms with Crippen molar-refractivity contribution in [2.75, 3.05) is 0 Å². The molecule has 13 heavy (non-hydrogen) atoms. The Morgan fingerprint density at radius 2 is 1.92 bits per heavy atom. The Bertz CT molecular complexity index is 271. The zero-order chi connectivity index (χ0) is 9.84. The first-order chi connectivity index (χ1) is 6.11. The quantitative estimate of drug-likeness (QED) is 0.712. The highest BCUT2D eigenvalue weighted by Gasteiger charge is 2.10. The Labute approximate surface area is 85.2 Å². The van der Waals surface area contributed by atoms with E-state index in [4.69, 9.17) is 0 Å². The number of aliphatic hydroxyl groups is 1. The van der Waals surface area contributed by atoms with Crippen LogP contribution in [0.25, 0.3) is 0 Å². The lowest BCUT2D eigenvalue weighted by molar-refractivity contribution is 0.125. The van der Waals surface area contributed by atoms with Crippen LogP contribution in [0.3, 0.4) is 0 Å². The van der Waals surface area contributed by atoms with Gasteiger partial charge in [-0.2, -0.15) is 0 Å². The minimum Gasteiger partial charge on any atom is -0.393 e. The Morgan fingerprint density at radius 1 is 1.31 bits per heavy atom. The molecule has 1 aromatic rings. The summed E-state index contributed by atoms with van der Waals surface area (Å²) in [6.45, 7) is 4.04. The van der Waals surface area contributed by atoms with E-state index < -0.39 is 0 Å². The van der Waals surface area contributed by atoms with Gasteiger partial charge in [-0.3, -0.25) is 0 Å². The van der Waals surface area contributed by atoms with Crippen molar-refractivity contribution < 1.29 is 5.11 Å². The zero-order valence-electron chi connectivity index (χ0n) is 8.07. The van der Waals surface area contributed by atoms with Crippen LogP contribution >= 0.6 is 12.6 Å². The van der Waals surface area contributed by atoms with E-state index in [1.165, 1.54) is 0 Å². The summed E-state index contributed by atoms with van der Waals surface area (Å²) in [5, 5.41) is 9.67. The highest BCUT2D eigenvalue weighted by molar-refractivity contribution is 7.80. The first-order valence-corrected chi connectivity index (χ1v) is 5.01. The van der Waals surface area contributed by atoms with E-state index in [0.29, 0.717) is 12.3 Å². The molecule has 0 radical (unpaired) electrons. The van der Waals surface area contributed by atoms with Gasteiger partial charge >= 0.3 is 0 Å². The standard InChI is InChI=1S/C11H16OS/c1-8(2)10(12)7-9-5-3-4-6-11(9)13/h3-6,8,10,12-13H,7H2,1-2H3. The molecule has 0 spiro atoms. The molecule has 0 heterocycles. The molecule has 1 aromatic carbocycles. The van der Waals surface area contributed by atoms with Crippen LogP contribution < -0.4 is 0 Å². The number of rotatable bonds is 3.